The molecular formula is C18H32N2O. The maximum absolute atomic E-state index is 12.1. The smallest absolute Gasteiger partial charge is 0.137 e. The van der Waals surface area contributed by atoms with Crippen molar-refractivity contribution in [1.29, 1.82) is 0 Å². The standard InChI is InChI=1S/C18H32N2O/c1-19-12-4-2-7-15(19)11-14-20-13-5-3-9-17(20)16-8-6-10-18(16)21/h15-17H,2-14H2,1H3. The molecule has 0 aromatic heterocycles. The predicted molar refractivity (Wildman–Crippen MR) is 86.4 cm³/mol. The van der Waals surface area contributed by atoms with Crippen LogP contribution in [-0.2, 0) is 4.79 Å². The van der Waals surface area contributed by atoms with Gasteiger partial charge in [0.2, 0.25) is 0 Å². The van der Waals surface area contributed by atoms with Gasteiger partial charge in [-0.05, 0) is 71.6 Å². The molecule has 3 unspecified atom stereocenters. The second kappa shape index (κ2) is 7.23. The Balaban J connectivity index is 1.55. The van der Waals surface area contributed by atoms with Crippen molar-refractivity contribution >= 4 is 5.78 Å². The number of likely N-dealkylation sites (tertiary alicyclic amines) is 2. The van der Waals surface area contributed by atoms with E-state index in [0.29, 0.717) is 17.7 Å². The van der Waals surface area contributed by atoms with Crippen LogP contribution in [0.1, 0.15) is 64.2 Å². The Morgan fingerprint density at radius 2 is 1.81 bits per heavy atom. The Bertz CT molecular complexity index is 357. The van der Waals surface area contributed by atoms with Gasteiger partial charge in [0.15, 0.2) is 0 Å². The summed E-state index contributed by atoms with van der Waals surface area (Å²) in [5, 5.41) is 0. The van der Waals surface area contributed by atoms with Gasteiger partial charge in [-0.2, -0.15) is 0 Å². The summed E-state index contributed by atoms with van der Waals surface area (Å²) < 4.78 is 0. The minimum atomic E-state index is 0.370. The largest absolute Gasteiger partial charge is 0.303 e. The molecule has 1 saturated carbocycles. The molecule has 0 spiro atoms. The van der Waals surface area contributed by atoms with Crippen LogP contribution < -0.4 is 0 Å². The van der Waals surface area contributed by atoms with Gasteiger partial charge in [0.1, 0.15) is 5.78 Å². The first-order chi connectivity index (χ1) is 10.3. The van der Waals surface area contributed by atoms with E-state index in [-0.39, 0.29) is 0 Å². The van der Waals surface area contributed by atoms with Crippen molar-refractivity contribution < 1.29 is 4.79 Å². The molecule has 3 heteroatoms. The molecule has 3 aliphatic rings. The summed E-state index contributed by atoms with van der Waals surface area (Å²) in [6.45, 7) is 3.71. The Morgan fingerprint density at radius 3 is 2.57 bits per heavy atom. The lowest BCUT2D eigenvalue weighted by atomic mass is 9.88. The van der Waals surface area contributed by atoms with Gasteiger partial charge in [-0.3, -0.25) is 9.69 Å². The molecule has 1 aliphatic carbocycles. The summed E-state index contributed by atoms with van der Waals surface area (Å²) in [7, 11) is 2.29. The molecule has 0 radical (unpaired) electrons. The molecule has 3 nitrogen and oxygen atoms in total. The van der Waals surface area contributed by atoms with Gasteiger partial charge < -0.3 is 4.90 Å². The molecule has 0 aromatic rings. The molecule has 3 atom stereocenters. The van der Waals surface area contributed by atoms with Crippen LogP contribution in [0.2, 0.25) is 0 Å². The molecular weight excluding hydrogens is 260 g/mol. The van der Waals surface area contributed by atoms with E-state index in [1.165, 1.54) is 64.6 Å². The zero-order valence-corrected chi connectivity index (χ0v) is 13.7. The van der Waals surface area contributed by atoms with E-state index in [1.807, 2.05) is 0 Å². The summed E-state index contributed by atoms with van der Waals surface area (Å²) in [5.41, 5.74) is 0. The van der Waals surface area contributed by atoms with E-state index in [4.69, 9.17) is 0 Å². The summed E-state index contributed by atoms with van der Waals surface area (Å²) in [6, 6.07) is 1.35. The highest BCUT2D eigenvalue weighted by atomic mass is 16.1. The van der Waals surface area contributed by atoms with Crippen LogP contribution in [-0.4, -0.2) is 54.3 Å². The highest BCUT2D eigenvalue weighted by molar-refractivity contribution is 5.83. The number of carbonyl (C=O) groups excluding carboxylic acids is 1. The van der Waals surface area contributed by atoms with Crippen molar-refractivity contribution in [2.75, 3.05) is 26.7 Å². The van der Waals surface area contributed by atoms with Gasteiger partial charge in [0, 0.05) is 24.4 Å². The Kier molecular flexibility index (Phi) is 5.33. The molecule has 0 N–H and O–H groups in total. The van der Waals surface area contributed by atoms with E-state index in [9.17, 15) is 4.79 Å². The summed E-state index contributed by atoms with van der Waals surface area (Å²) >= 11 is 0. The predicted octanol–water partition coefficient (Wildman–Crippen LogP) is 3.08. The SMILES string of the molecule is CN1CCCCC1CCN1CCCCC1C1CCCC1=O. The number of hydrogen-bond donors (Lipinski definition) is 0. The van der Waals surface area contributed by atoms with Gasteiger partial charge in [0.25, 0.3) is 0 Å². The monoisotopic (exact) mass is 292 g/mol. The quantitative estimate of drug-likeness (QED) is 0.795. The number of ketones is 1. The Labute approximate surface area is 130 Å². The Hall–Kier alpha value is -0.410. The van der Waals surface area contributed by atoms with Crippen molar-refractivity contribution in [1.82, 2.24) is 9.80 Å². The summed E-state index contributed by atoms with van der Waals surface area (Å²) in [4.78, 5) is 17.4. The molecule has 0 aromatic carbocycles. The van der Waals surface area contributed by atoms with Gasteiger partial charge >= 0.3 is 0 Å². The van der Waals surface area contributed by atoms with Gasteiger partial charge in [0.05, 0.1) is 0 Å². The zero-order chi connectivity index (χ0) is 14.7. The maximum Gasteiger partial charge on any atom is 0.137 e. The van der Waals surface area contributed by atoms with Crippen molar-refractivity contribution in [3.63, 3.8) is 0 Å². The van der Waals surface area contributed by atoms with Gasteiger partial charge in [-0.15, -0.1) is 0 Å². The third-order valence-corrected chi connectivity index (χ3v) is 6.15. The number of rotatable bonds is 4. The van der Waals surface area contributed by atoms with Crippen molar-refractivity contribution in [2.24, 2.45) is 5.92 Å². The van der Waals surface area contributed by atoms with E-state index < -0.39 is 0 Å². The molecule has 2 heterocycles. The minimum absolute atomic E-state index is 0.370. The minimum Gasteiger partial charge on any atom is -0.303 e. The topological polar surface area (TPSA) is 23.6 Å². The zero-order valence-electron chi connectivity index (χ0n) is 13.7. The van der Waals surface area contributed by atoms with Gasteiger partial charge in [-0.25, -0.2) is 0 Å². The number of carbonyl (C=O) groups is 1. The van der Waals surface area contributed by atoms with E-state index in [0.717, 1.165) is 25.3 Å². The summed E-state index contributed by atoms with van der Waals surface area (Å²) in [5.74, 6) is 0.927. The lowest BCUT2D eigenvalue weighted by molar-refractivity contribution is -0.123. The number of nitrogens with zero attached hydrogens (tertiary/aromatic N) is 2. The Morgan fingerprint density at radius 1 is 1.00 bits per heavy atom. The third kappa shape index (κ3) is 3.68. The van der Waals surface area contributed by atoms with Crippen LogP contribution in [0.3, 0.4) is 0 Å². The van der Waals surface area contributed by atoms with E-state index in [2.05, 4.69) is 16.8 Å². The molecule has 2 saturated heterocycles. The average molecular weight is 292 g/mol. The van der Waals surface area contributed by atoms with Crippen LogP contribution in [0.4, 0.5) is 0 Å². The average Bonchev–Trinajstić information content (AvgIpc) is 2.93. The normalized spacial score (nSPS) is 36.2. The fourth-order valence-electron chi connectivity index (χ4n) is 4.82. The maximum atomic E-state index is 12.1. The number of Topliss-reactive ketones (excluding diaryl/α,β-unsaturated/α-hetero) is 1. The van der Waals surface area contributed by atoms with Crippen LogP contribution in [0, 0.1) is 5.92 Å². The molecule has 0 amide bonds. The number of piperidine rings is 2. The highest BCUT2D eigenvalue weighted by Gasteiger charge is 2.36. The van der Waals surface area contributed by atoms with Crippen molar-refractivity contribution in [2.45, 2.75) is 76.3 Å². The first kappa shape index (κ1) is 15.5. The fourth-order valence-corrected chi connectivity index (χ4v) is 4.82. The lowest BCUT2D eigenvalue weighted by Crippen LogP contribution is -2.47. The van der Waals surface area contributed by atoms with Crippen LogP contribution in [0.25, 0.3) is 0 Å². The van der Waals surface area contributed by atoms with Crippen LogP contribution in [0.5, 0.6) is 0 Å². The first-order valence-electron chi connectivity index (χ1n) is 9.22. The third-order valence-electron chi connectivity index (χ3n) is 6.15. The highest BCUT2D eigenvalue weighted by Crippen LogP contribution is 2.33. The molecule has 120 valence electrons. The second-order valence-electron chi connectivity index (χ2n) is 7.48. The molecule has 3 fully saturated rings. The number of hydrogen-bond acceptors (Lipinski definition) is 3. The molecule has 2 aliphatic heterocycles. The molecule has 21 heavy (non-hydrogen) atoms. The van der Waals surface area contributed by atoms with Crippen molar-refractivity contribution in [3.8, 4) is 0 Å². The lowest BCUT2D eigenvalue weighted by Gasteiger charge is -2.40. The molecule has 3 rings (SSSR count). The van der Waals surface area contributed by atoms with E-state index >= 15 is 0 Å². The first-order valence-corrected chi connectivity index (χ1v) is 9.22. The van der Waals surface area contributed by atoms with Gasteiger partial charge in [-0.1, -0.05) is 12.8 Å². The van der Waals surface area contributed by atoms with Crippen LogP contribution >= 0.6 is 0 Å². The molecule has 0 bridgehead atoms. The van der Waals surface area contributed by atoms with Crippen molar-refractivity contribution in [3.05, 3.63) is 0 Å². The summed E-state index contributed by atoms with van der Waals surface area (Å²) in [6.07, 6.45) is 12.5. The fraction of sp³-hybridized carbons (Fsp3) is 0.944. The second-order valence-corrected chi connectivity index (χ2v) is 7.48. The van der Waals surface area contributed by atoms with Crippen LogP contribution in [0.15, 0.2) is 0 Å². The van der Waals surface area contributed by atoms with E-state index in [1.54, 1.807) is 0 Å².